The highest BCUT2D eigenvalue weighted by Crippen LogP contribution is 2.37. The van der Waals surface area contributed by atoms with Gasteiger partial charge >= 0.3 is 6.61 Å². The zero-order valence-electron chi connectivity index (χ0n) is 19.4. The van der Waals surface area contributed by atoms with E-state index >= 15 is 0 Å². The van der Waals surface area contributed by atoms with Gasteiger partial charge in [0.25, 0.3) is 0 Å². The van der Waals surface area contributed by atoms with Crippen LogP contribution < -0.4 is 9.47 Å². The molecule has 4 aromatic rings. The van der Waals surface area contributed by atoms with Crippen LogP contribution in [0.5, 0.6) is 11.5 Å². The Labute approximate surface area is 209 Å². The van der Waals surface area contributed by atoms with Crippen molar-refractivity contribution >= 4 is 23.2 Å². The minimum atomic E-state index is -3.03. The number of pyridine rings is 1. The van der Waals surface area contributed by atoms with Gasteiger partial charge in [-0.05, 0) is 56.0 Å². The third-order valence-corrected chi connectivity index (χ3v) is 6.05. The number of para-hydroxylation sites is 1. The molecule has 0 spiro atoms. The van der Waals surface area contributed by atoms with Gasteiger partial charge in [-0.3, -0.25) is 4.57 Å². The van der Waals surface area contributed by atoms with Gasteiger partial charge in [0, 0.05) is 23.9 Å². The number of rotatable bonds is 7. The predicted octanol–water partition coefficient (Wildman–Crippen LogP) is 6.66. The Bertz CT molecular complexity index is 1500. The first kappa shape index (κ1) is 24.3. The van der Waals surface area contributed by atoms with Gasteiger partial charge in [0.1, 0.15) is 17.7 Å². The van der Waals surface area contributed by atoms with Crippen LogP contribution in [-0.2, 0) is 0 Å². The van der Waals surface area contributed by atoms with Crippen molar-refractivity contribution in [2.45, 2.75) is 38.4 Å². The second-order valence-electron chi connectivity index (χ2n) is 8.49. The number of hydrogen-bond acceptors (Lipinski definition) is 5. The van der Waals surface area contributed by atoms with Crippen LogP contribution in [0, 0.1) is 23.0 Å². The minimum absolute atomic E-state index is 0.0875. The molecule has 2 aromatic heterocycles. The minimum Gasteiger partial charge on any atom is -0.486 e. The molecular weight excluding hydrogens is 488 g/mol. The van der Waals surface area contributed by atoms with Gasteiger partial charge in [-0.25, -0.2) is 18.7 Å². The third-order valence-electron chi connectivity index (χ3n) is 6.05. The van der Waals surface area contributed by atoms with Crippen molar-refractivity contribution in [3.63, 3.8) is 0 Å². The summed E-state index contributed by atoms with van der Waals surface area (Å²) in [6.45, 7) is -3.03. The van der Waals surface area contributed by atoms with E-state index in [-0.39, 0.29) is 34.5 Å². The van der Waals surface area contributed by atoms with Crippen molar-refractivity contribution in [3.8, 4) is 23.4 Å². The number of halogens is 4. The number of imidazole rings is 1. The maximum absolute atomic E-state index is 14.1. The lowest BCUT2D eigenvalue weighted by molar-refractivity contribution is -0.0520. The van der Waals surface area contributed by atoms with E-state index in [0.717, 1.165) is 37.8 Å². The second kappa shape index (κ2) is 10.3. The van der Waals surface area contributed by atoms with Crippen molar-refractivity contribution in [2.75, 3.05) is 0 Å². The number of alkyl halides is 2. The molecule has 37 heavy (non-hydrogen) atoms. The number of nitrogens with zero attached hydrogens (tertiary/aromatic N) is 4. The Kier molecular flexibility index (Phi) is 6.77. The van der Waals surface area contributed by atoms with E-state index in [1.807, 2.05) is 6.07 Å². The highest BCUT2D eigenvalue weighted by Gasteiger charge is 2.22. The van der Waals surface area contributed by atoms with Crippen LogP contribution in [0.3, 0.4) is 0 Å². The quantitative estimate of drug-likeness (QED) is 0.261. The molecular formula is C27H20F4N4O2. The SMILES string of the molecule is N#Cc1ccc(-n2c(C=Cc3cccc(OC(F)F)c3OC3CCCC3)nc3cc(F)c(F)cc32)nc1. The highest BCUT2D eigenvalue weighted by atomic mass is 19.3. The normalized spacial score (nSPS) is 14.1. The zero-order valence-corrected chi connectivity index (χ0v) is 19.4. The Morgan fingerprint density at radius 1 is 1.05 bits per heavy atom. The number of nitriles is 1. The fraction of sp³-hybridized carbons (Fsp3) is 0.222. The molecule has 0 N–H and O–H groups in total. The maximum atomic E-state index is 14.1. The van der Waals surface area contributed by atoms with E-state index in [0.29, 0.717) is 16.9 Å². The highest BCUT2D eigenvalue weighted by molar-refractivity contribution is 5.82. The molecule has 0 amide bonds. The molecule has 0 atom stereocenters. The summed E-state index contributed by atoms with van der Waals surface area (Å²) in [7, 11) is 0. The molecule has 0 saturated heterocycles. The van der Waals surface area contributed by atoms with Gasteiger partial charge in [0.2, 0.25) is 0 Å². The molecule has 1 aliphatic rings. The van der Waals surface area contributed by atoms with Crippen LogP contribution >= 0.6 is 0 Å². The third kappa shape index (κ3) is 5.11. The molecule has 1 fully saturated rings. The van der Waals surface area contributed by atoms with Crippen LogP contribution in [0.4, 0.5) is 17.6 Å². The molecule has 5 rings (SSSR count). The van der Waals surface area contributed by atoms with Gasteiger partial charge in [0.15, 0.2) is 23.1 Å². The molecule has 2 heterocycles. The molecule has 1 saturated carbocycles. The first-order valence-electron chi connectivity index (χ1n) is 11.6. The predicted molar refractivity (Wildman–Crippen MR) is 128 cm³/mol. The number of fused-ring (bicyclic) bond motifs is 1. The average Bonchev–Trinajstić information content (AvgIpc) is 3.52. The second-order valence-corrected chi connectivity index (χ2v) is 8.49. The summed E-state index contributed by atoms with van der Waals surface area (Å²) in [6, 6.07) is 11.7. The standard InChI is InChI=1S/C27H20F4N4O2/c28-19-12-21-22(13-20(19)29)35(24-10-8-16(14-32)15-33-24)25(34-21)11-9-17-4-3-7-23(37-27(30)31)26(17)36-18-5-1-2-6-18/h3-4,7-13,15,18,27H,1-2,5-6H2. The number of ether oxygens (including phenoxy) is 2. The lowest BCUT2D eigenvalue weighted by Crippen LogP contribution is -2.13. The van der Waals surface area contributed by atoms with Crippen LogP contribution in [0.25, 0.3) is 29.0 Å². The van der Waals surface area contributed by atoms with Crippen LogP contribution in [0.15, 0.2) is 48.7 Å². The van der Waals surface area contributed by atoms with Crippen molar-refractivity contribution < 1.29 is 27.0 Å². The fourth-order valence-corrected chi connectivity index (χ4v) is 4.34. The summed E-state index contributed by atoms with van der Waals surface area (Å²) in [4.78, 5) is 8.69. The first-order chi connectivity index (χ1) is 17.9. The van der Waals surface area contributed by atoms with Crippen molar-refractivity contribution in [2.24, 2.45) is 0 Å². The lowest BCUT2D eigenvalue weighted by atomic mass is 10.1. The molecule has 0 bridgehead atoms. The number of benzene rings is 2. The van der Waals surface area contributed by atoms with Crippen molar-refractivity contribution in [1.82, 2.24) is 14.5 Å². The Morgan fingerprint density at radius 3 is 2.54 bits per heavy atom. The molecule has 6 nitrogen and oxygen atoms in total. The van der Waals surface area contributed by atoms with Crippen molar-refractivity contribution in [3.05, 3.63) is 77.2 Å². The van der Waals surface area contributed by atoms with Crippen LogP contribution in [0.2, 0.25) is 0 Å². The van der Waals surface area contributed by atoms with E-state index in [2.05, 4.69) is 9.97 Å². The van der Waals surface area contributed by atoms with E-state index in [1.54, 1.807) is 36.4 Å². The number of aromatic nitrogens is 3. The Hall–Kier alpha value is -4.39. The monoisotopic (exact) mass is 508 g/mol. The Morgan fingerprint density at radius 2 is 1.84 bits per heavy atom. The summed E-state index contributed by atoms with van der Waals surface area (Å²) in [5.74, 6) is -1.42. The summed E-state index contributed by atoms with van der Waals surface area (Å²) in [5, 5.41) is 9.09. The lowest BCUT2D eigenvalue weighted by Gasteiger charge is -2.18. The van der Waals surface area contributed by atoms with Gasteiger partial charge < -0.3 is 9.47 Å². The smallest absolute Gasteiger partial charge is 0.387 e. The van der Waals surface area contributed by atoms with Gasteiger partial charge in [0.05, 0.1) is 22.7 Å². The van der Waals surface area contributed by atoms with Crippen LogP contribution in [-0.4, -0.2) is 27.3 Å². The maximum Gasteiger partial charge on any atom is 0.387 e. The van der Waals surface area contributed by atoms with Crippen LogP contribution in [0.1, 0.15) is 42.6 Å². The van der Waals surface area contributed by atoms with Gasteiger partial charge in [-0.15, -0.1) is 0 Å². The van der Waals surface area contributed by atoms with E-state index in [9.17, 15) is 17.6 Å². The summed E-state index contributed by atoms with van der Waals surface area (Å²) in [6.07, 6.45) is 8.01. The molecule has 0 unspecified atom stereocenters. The first-order valence-corrected chi connectivity index (χ1v) is 11.6. The topological polar surface area (TPSA) is 73.0 Å². The summed E-state index contributed by atoms with van der Waals surface area (Å²) >= 11 is 0. The largest absolute Gasteiger partial charge is 0.486 e. The Balaban J connectivity index is 1.61. The zero-order chi connectivity index (χ0) is 25.9. The molecule has 10 heteroatoms. The van der Waals surface area contributed by atoms with Crippen molar-refractivity contribution in [1.29, 1.82) is 5.26 Å². The van der Waals surface area contributed by atoms with E-state index in [1.165, 1.54) is 16.8 Å². The number of hydrogen-bond donors (Lipinski definition) is 0. The fourth-order valence-electron chi connectivity index (χ4n) is 4.34. The van der Waals surface area contributed by atoms with Gasteiger partial charge in [-0.2, -0.15) is 14.0 Å². The van der Waals surface area contributed by atoms with E-state index < -0.39 is 18.2 Å². The molecule has 0 radical (unpaired) electrons. The molecule has 188 valence electrons. The summed E-state index contributed by atoms with van der Waals surface area (Å²) < 4.78 is 66.5. The molecule has 0 aliphatic heterocycles. The van der Waals surface area contributed by atoms with Gasteiger partial charge in [-0.1, -0.05) is 12.1 Å². The molecule has 1 aliphatic carbocycles. The average molecular weight is 508 g/mol. The van der Waals surface area contributed by atoms with E-state index in [4.69, 9.17) is 14.7 Å². The molecule has 2 aromatic carbocycles. The summed E-state index contributed by atoms with van der Waals surface area (Å²) in [5.41, 5.74) is 1.23.